The first-order valence-corrected chi connectivity index (χ1v) is 7.01. The number of aliphatic hydroxyl groups excluding tert-OH is 1. The smallest absolute Gasteiger partial charge is 0.0957 e. The van der Waals surface area contributed by atoms with Gasteiger partial charge >= 0.3 is 0 Å². The Balaban J connectivity index is 2.75. The predicted molar refractivity (Wildman–Crippen MR) is 76.8 cm³/mol. The highest BCUT2D eigenvalue weighted by Crippen LogP contribution is 2.19. The van der Waals surface area contributed by atoms with Crippen molar-refractivity contribution in [3.05, 3.63) is 24.0 Å². The van der Waals surface area contributed by atoms with Crippen LogP contribution >= 0.6 is 0 Å². The Morgan fingerprint density at radius 2 is 1.94 bits per heavy atom. The molecule has 2 atom stereocenters. The van der Waals surface area contributed by atoms with Crippen LogP contribution in [0.1, 0.15) is 52.3 Å². The van der Waals surface area contributed by atoms with Crippen LogP contribution in [0.15, 0.2) is 18.3 Å². The fraction of sp³-hybridized carbons (Fsp3) is 0.667. The lowest BCUT2D eigenvalue weighted by atomic mass is 10.1. The van der Waals surface area contributed by atoms with Gasteiger partial charge in [0.15, 0.2) is 0 Å². The number of aliphatic hydroxyl groups is 1. The van der Waals surface area contributed by atoms with Gasteiger partial charge in [0.25, 0.3) is 0 Å². The lowest BCUT2D eigenvalue weighted by Crippen LogP contribution is -2.28. The summed E-state index contributed by atoms with van der Waals surface area (Å²) in [5.74, 6) is 0.686. The Labute approximate surface area is 111 Å². The van der Waals surface area contributed by atoms with E-state index in [1.807, 2.05) is 19.2 Å². The van der Waals surface area contributed by atoms with Crippen molar-refractivity contribution in [2.75, 3.05) is 18.0 Å². The summed E-state index contributed by atoms with van der Waals surface area (Å²) < 4.78 is 0. The Hall–Kier alpha value is -1.09. The zero-order valence-electron chi connectivity index (χ0n) is 12.1. The molecule has 3 nitrogen and oxygen atoms in total. The van der Waals surface area contributed by atoms with Crippen molar-refractivity contribution in [2.24, 2.45) is 5.92 Å². The van der Waals surface area contributed by atoms with Crippen molar-refractivity contribution in [1.29, 1.82) is 0 Å². The lowest BCUT2D eigenvalue weighted by molar-refractivity contribution is 0.169. The zero-order valence-corrected chi connectivity index (χ0v) is 12.1. The summed E-state index contributed by atoms with van der Waals surface area (Å²) in [5, 5.41) is 9.72. The molecule has 3 heteroatoms. The van der Waals surface area contributed by atoms with Crippen molar-refractivity contribution >= 4 is 5.69 Å². The maximum absolute atomic E-state index is 9.72. The van der Waals surface area contributed by atoms with Gasteiger partial charge in [-0.2, -0.15) is 0 Å². The zero-order chi connectivity index (χ0) is 13.5. The van der Waals surface area contributed by atoms with Crippen LogP contribution in [0.5, 0.6) is 0 Å². The molecule has 1 N–H and O–H groups in total. The molecule has 0 radical (unpaired) electrons. The van der Waals surface area contributed by atoms with Gasteiger partial charge in [-0.05, 0) is 31.4 Å². The number of aromatic nitrogens is 1. The summed E-state index contributed by atoms with van der Waals surface area (Å²) in [5.41, 5.74) is 1.91. The van der Waals surface area contributed by atoms with Crippen LogP contribution in [0, 0.1) is 5.92 Å². The first kappa shape index (κ1) is 15.0. The molecule has 0 saturated heterocycles. The summed E-state index contributed by atoms with van der Waals surface area (Å²) in [6, 6.07) is 4.00. The van der Waals surface area contributed by atoms with Gasteiger partial charge in [-0.25, -0.2) is 0 Å². The van der Waals surface area contributed by atoms with E-state index < -0.39 is 6.10 Å². The van der Waals surface area contributed by atoms with E-state index in [0.29, 0.717) is 12.3 Å². The minimum Gasteiger partial charge on any atom is -0.387 e. The van der Waals surface area contributed by atoms with Gasteiger partial charge in [0, 0.05) is 13.1 Å². The molecular formula is C15H26N2O. The van der Waals surface area contributed by atoms with E-state index in [0.717, 1.165) is 24.5 Å². The SMILES string of the molecule is CCC(C)CN(CC)c1ccc([C@@H](O)CC)nc1. The molecule has 1 aromatic heterocycles. The molecule has 1 aromatic rings. The lowest BCUT2D eigenvalue weighted by Gasteiger charge is -2.26. The van der Waals surface area contributed by atoms with E-state index >= 15 is 0 Å². The maximum Gasteiger partial charge on any atom is 0.0957 e. The third-order valence-electron chi connectivity index (χ3n) is 3.47. The first-order chi connectivity index (χ1) is 8.62. The van der Waals surface area contributed by atoms with Gasteiger partial charge in [-0.3, -0.25) is 4.98 Å². The summed E-state index contributed by atoms with van der Waals surface area (Å²) in [4.78, 5) is 6.70. The minimum atomic E-state index is -0.441. The Bertz CT molecular complexity index is 337. The topological polar surface area (TPSA) is 36.4 Å². The minimum absolute atomic E-state index is 0.441. The molecule has 0 amide bonds. The Kier molecular flexibility index (Phi) is 6.13. The number of rotatable bonds is 7. The van der Waals surface area contributed by atoms with Crippen molar-refractivity contribution in [3.8, 4) is 0 Å². The van der Waals surface area contributed by atoms with Gasteiger partial charge in [0.1, 0.15) is 0 Å². The highest BCUT2D eigenvalue weighted by molar-refractivity contribution is 5.44. The van der Waals surface area contributed by atoms with Crippen LogP contribution in [-0.4, -0.2) is 23.2 Å². The van der Waals surface area contributed by atoms with E-state index in [2.05, 4.69) is 36.7 Å². The third kappa shape index (κ3) is 3.98. The van der Waals surface area contributed by atoms with Crippen molar-refractivity contribution in [3.63, 3.8) is 0 Å². The standard InChI is InChI=1S/C15H26N2O/c1-5-12(4)11-17(7-3)13-8-9-14(16-10-13)15(18)6-2/h8-10,12,15,18H,5-7,11H2,1-4H3/t12?,15-/m0/s1. The quantitative estimate of drug-likeness (QED) is 0.805. The van der Waals surface area contributed by atoms with Crippen molar-refractivity contribution in [1.82, 2.24) is 4.98 Å². The average Bonchev–Trinajstić information content (AvgIpc) is 2.43. The summed E-state index contributed by atoms with van der Waals surface area (Å²) in [6.07, 6.45) is 3.33. The highest BCUT2D eigenvalue weighted by Gasteiger charge is 2.10. The van der Waals surface area contributed by atoms with Crippen molar-refractivity contribution in [2.45, 2.75) is 46.6 Å². The van der Waals surface area contributed by atoms with E-state index in [1.54, 1.807) is 0 Å². The number of hydrogen-bond acceptors (Lipinski definition) is 3. The fourth-order valence-electron chi connectivity index (χ4n) is 1.91. The highest BCUT2D eigenvalue weighted by atomic mass is 16.3. The van der Waals surface area contributed by atoms with Crippen LogP contribution in [0.3, 0.4) is 0 Å². The van der Waals surface area contributed by atoms with Gasteiger partial charge in [0.05, 0.1) is 23.7 Å². The summed E-state index contributed by atoms with van der Waals surface area (Å²) in [6.45, 7) is 10.7. The van der Waals surface area contributed by atoms with Crippen molar-refractivity contribution < 1.29 is 5.11 Å². The van der Waals surface area contributed by atoms with E-state index in [9.17, 15) is 5.11 Å². The van der Waals surface area contributed by atoms with Gasteiger partial charge < -0.3 is 10.0 Å². The van der Waals surface area contributed by atoms with Gasteiger partial charge in [-0.1, -0.05) is 27.2 Å². The fourth-order valence-corrected chi connectivity index (χ4v) is 1.91. The van der Waals surface area contributed by atoms with E-state index in [4.69, 9.17) is 0 Å². The third-order valence-corrected chi connectivity index (χ3v) is 3.47. The number of nitrogens with zero attached hydrogens (tertiary/aromatic N) is 2. The van der Waals surface area contributed by atoms with Crippen LogP contribution in [-0.2, 0) is 0 Å². The van der Waals surface area contributed by atoms with Crippen LogP contribution in [0.25, 0.3) is 0 Å². The summed E-state index contributed by atoms with van der Waals surface area (Å²) in [7, 11) is 0. The molecule has 18 heavy (non-hydrogen) atoms. The molecule has 0 bridgehead atoms. The molecule has 0 aliphatic rings. The van der Waals surface area contributed by atoms with E-state index in [-0.39, 0.29) is 0 Å². The summed E-state index contributed by atoms with van der Waals surface area (Å²) >= 11 is 0. The first-order valence-electron chi connectivity index (χ1n) is 7.01. The van der Waals surface area contributed by atoms with Crippen LogP contribution < -0.4 is 4.90 Å². The molecule has 0 saturated carbocycles. The largest absolute Gasteiger partial charge is 0.387 e. The second kappa shape index (κ2) is 7.37. The second-order valence-corrected chi connectivity index (χ2v) is 4.92. The molecule has 0 aliphatic heterocycles. The molecule has 0 spiro atoms. The Morgan fingerprint density at radius 3 is 2.39 bits per heavy atom. The second-order valence-electron chi connectivity index (χ2n) is 4.92. The molecule has 1 rings (SSSR count). The molecule has 0 aromatic carbocycles. The normalized spacial score (nSPS) is 14.3. The Morgan fingerprint density at radius 1 is 1.22 bits per heavy atom. The average molecular weight is 250 g/mol. The van der Waals surface area contributed by atoms with Gasteiger partial charge in [-0.15, -0.1) is 0 Å². The number of pyridine rings is 1. The maximum atomic E-state index is 9.72. The molecule has 1 unspecified atom stereocenters. The predicted octanol–water partition coefficient (Wildman–Crippen LogP) is 3.40. The van der Waals surface area contributed by atoms with Crippen LogP contribution in [0.2, 0.25) is 0 Å². The van der Waals surface area contributed by atoms with Gasteiger partial charge in [0.2, 0.25) is 0 Å². The molecule has 0 aliphatic carbocycles. The molecule has 102 valence electrons. The molecule has 1 heterocycles. The number of anilines is 1. The monoisotopic (exact) mass is 250 g/mol. The van der Waals surface area contributed by atoms with Crippen LogP contribution in [0.4, 0.5) is 5.69 Å². The molecule has 0 fully saturated rings. The number of hydrogen-bond donors (Lipinski definition) is 1. The van der Waals surface area contributed by atoms with E-state index in [1.165, 1.54) is 6.42 Å². The molecular weight excluding hydrogens is 224 g/mol.